The number of hydrogen-bond donors (Lipinski definition) is 0. The Morgan fingerprint density at radius 3 is 2.48 bits per heavy atom. The number of methoxy groups -OCH3 is 1. The topological polar surface area (TPSA) is 29.5 Å². The van der Waals surface area contributed by atoms with Crippen LogP contribution in [0.15, 0.2) is 66.7 Å². The molecule has 0 saturated carbocycles. The van der Waals surface area contributed by atoms with Gasteiger partial charge in [-0.3, -0.25) is 4.79 Å². The van der Waals surface area contributed by atoms with E-state index in [0.29, 0.717) is 6.54 Å². The second kappa shape index (κ2) is 10.1. The van der Waals surface area contributed by atoms with Crippen molar-refractivity contribution >= 4 is 18.1 Å². The van der Waals surface area contributed by atoms with Crippen molar-refractivity contribution in [3.8, 4) is 5.75 Å². The second-order valence-electron chi connectivity index (χ2n) is 5.67. The van der Waals surface area contributed by atoms with Gasteiger partial charge in [0.05, 0.1) is 7.11 Å². The summed E-state index contributed by atoms with van der Waals surface area (Å²) in [5, 5.41) is 0. The van der Waals surface area contributed by atoms with Crippen molar-refractivity contribution in [2.24, 2.45) is 0 Å². The molecule has 1 amide bonds. The normalized spacial score (nSPS) is 11.1. The molecule has 130 valence electrons. The van der Waals surface area contributed by atoms with Crippen LogP contribution in [-0.2, 0) is 4.79 Å². The SMILES string of the molecule is CCCN(C/C=C/c1ccccc1)C(=O)/C=C/c1ccccc1OC. The molecule has 0 atom stereocenters. The zero-order chi connectivity index (χ0) is 17.9. The Labute approximate surface area is 150 Å². The van der Waals surface area contributed by atoms with E-state index in [4.69, 9.17) is 4.74 Å². The monoisotopic (exact) mass is 335 g/mol. The number of para-hydroxylation sites is 1. The molecule has 0 unspecified atom stereocenters. The molecule has 2 aromatic rings. The molecule has 0 bridgehead atoms. The average molecular weight is 335 g/mol. The third kappa shape index (κ3) is 5.96. The Bertz CT molecular complexity index is 720. The zero-order valence-electron chi connectivity index (χ0n) is 14.9. The van der Waals surface area contributed by atoms with Crippen LogP contribution in [0.5, 0.6) is 5.75 Å². The van der Waals surface area contributed by atoms with Crippen molar-refractivity contribution in [2.75, 3.05) is 20.2 Å². The van der Waals surface area contributed by atoms with Crippen LogP contribution >= 0.6 is 0 Å². The van der Waals surface area contributed by atoms with Crippen molar-refractivity contribution in [3.05, 3.63) is 77.9 Å². The summed E-state index contributed by atoms with van der Waals surface area (Å²) in [4.78, 5) is 14.4. The molecular weight excluding hydrogens is 310 g/mol. The molecule has 2 aromatic carbocycles. The van der Waals surface area contributed by atoms with Gasteiger partial charge in [-0.25, -0.2) is 0 Å². The van der Waals surface area contributed by atoms with E-state index in [2.05, 4.69) is 6.92 Å². The molecule has 0 fully saturated rings. The smallest absolute Gasteiger partial charge is 0.246 e. The Balaban J connectivity index is 2.02. The highest BCUT2D eigenvalue weighted by atomic mass is 16.5. The summed E-state index contributed by atoms with van der Waals surface area (Å²) in [6, 6.07) is 17.8. The molecule has 0 aliphatic carbocycles. The number of nitrogens with zero attached hydrogens (tertiary/aromatic N) is 1. The molecule has 0 spiro atoms. The minimum absolute atomic E-state index is 0.00506. The van der Waals surface area contributed by atoms with Crippen molar-refractivity contribution in [3.63, 3.8) is 0 Å². The Kier molecular flexibility index (Phi) is 7.51. The lowest BCUT2D eigenvalue weighted by molar-refractivity contribution is -0.125. The van der Waals surface area contributed by atoms with E-state index in [-0.39, 0.29) is 5.91 Å². The van der Waals surface area contributed by atoms with Crippen LogP contribution < -0.4 is 4.74 Å². The summed E-state index contributed by atoms with van der Waals surface area (Å²) in [6.45, 7) is 3.40. The fourth-order valence-corrected chi connectivity index (χ4v) is 2.51. The number of carbonyl (C=O) groups excluding carboxylic acids is 1. The molecule has 25 heavy (non-hydrogen) atoms. The molecule has 0 aliphatic heterocycles. The third-order valence-electron chi connectivity index (χ3n) is 3.79. The lowest BCUT2D eigenvalue weighted by Crippen LogP contribution is -2.30. The standard InChI is InChI=1S/C22H25NO2/c1-3-17-23(18-9-12-19-10-5-4-6-11-19)22(24)16-15-20-13-7-8-14-21(20)25-2/h4-16H,3,17-18H2,1-2H3/b12-9+,16-15+. The Hall–Kier alpha value is -2.81. The van der Waals surface area contributed by atoms with Gasteiger partial charge >= 0.3 is 0 Å². The first-order chi connectivity index (χ1) is 12.2. The van der Waals surface area contributed by atoms with Crippen LogP contribution in [0.3, 0.4) is 0 Å². The first-order valence-electron chi connectivity index (χ1n) is 8.56. The summed E-state index contributed by atoms with van der Waals surface area (Å²) in [7, 11) is 1.63. The minimum Gasteiger partial charge on any atom is -0.496 e. The summed E-state index contributed by atoms with van der Waals surface area (Å²) in [5.74, 6) is 0.767. The Morgan fingerprint density at radius 1 is 1.04 bits per heavy atom. The lowest BCUT2D eigenvalue weighted by Gasteiger charge is -2.18. The zero-order valence-corrected chi connectivity index (χ0v) is 14.9. The summed E-state index contributed by atoms with van der Waals surface area (Å²) < 4.78 is 5.31. The predicted octanol–water partition coefficient (Wildman–Crippen LogP) is 4.66. The largest absolute Gasteiger partial charge is 0.496 e. The second-order valence-corrected chi connectivity index (χ2v) is 5.67. The van der Waals surface area contributed by atoms with Gasteiger partial charge in [-0.05, 0) is 24.1 Å². The van der Waals surface area contributed by atoms with Gasteiger partial charge in [-0.1, -0.05) is 67.6 Å². The maximum Gasteiger partial charge on any atom is 0.246 e. The van der Waals surface area contributed by atoms with E-state index >= 15 is 0 Å². The molecule has 0 aromatic heterocycles. The summed E-state index contributed by atoms with van der Waals surface area (Å²) in [5.41, 5.74) is 2.03. The van der Waals surface area contributed by atoms with E-state index in [9.17, 15) is 4.79 Å². The first-order valence-corrected chi connectivity index (χ1v) is 8.56. The van der Waals surface area contributed by atoms with Gasteiger partial charge in [0.1, 0.15) is 5.75 Å². The molecule has 3 heteroatoms. The van der Waals surface area contributed by atoms with Crippen molar-refractivity contribution in [2.45, 2.75) is 13.3 Å². The molecule has 0 radical (unpaired) electrons. The molecule has 0 N–H and O–H groups in total. The Morgan fingerprint density at radius 2 is 1.76 bits per heavy atom. The van der Waals surface area contributed by atoms with E-state index in [1.54, 1.807) is 13.2 Å². The number of amides is 1. The van der Waals surface area contributed by atoms with Gasteiger partial charge < -0.3 is 9.64 Å². The van der Waals surface area contributed by atoms with Crippen LogP contribution in [0, 0.1) is 0 Å². The molecule has 0 aliphatic rings. The van der Waals surface area contributed by atoms with E-state index < -0.39 is 0 Å². The highest BCUT2D eigenvalue weighted by Gasteiger charge is 2.08. The van der Waals surface area contributed by atoms with E-state index in [0.717, 1.165) is 29.8 Å². The maximum absolute atomic E-state index is 12.5. The van der Waals surface area contributed by atoms with Gasteiger partial charge in [0.2, 0.25) is 5.91 Å². The average Bonchev–Trinajstić information content (AvgIpc) is 2.66. The number of rotatable bonds is 8. The van der Waals surface area contributed by atoms with Crippen LogP contribution in [0.2, 0.25) is 0 Å². The number of ether oxygens (including phenoxy) is 1. The van der Waals surface area contributed by atoms with Gasteiger partial charge in [0.15, 0.2) is 0 Å². The van der Waals surface area contributed by atoms with E-state index in [1.165, 1.54) is 0 Å². The molecule has 2 rings (SSSR count). The number of hydrogen-bond acceptors (Lipinski definition) is 2. The number of benzene rings is 2. The van der Waals surface area contributed by atoms with Crippen LogP contribution in [-0.4, -0.2) is 31.0 Å². The van der Waals surface area contributed by atoms with Gasteiger partial charge in [0, 0.05) is 24.7 Å². The van der Waals surface area contributed by atoms with Crippen LogP contribution in [0.1, 0.15) is 24.5 Å². The molecule has 0 heterocycles. The van der Waals surface area contributed by atoms with Crippen LogP contribution in [0.4, 0.5) is 0 Å². The van der Waals surface area contributed by atoms with E-state index in [1.807, 2.05) is 77.7 Å². The number of carbonyl (C=O) groups is 1. The van der Waals surface area contributed by atoms with Gasteiger partial charge in [0.25, 0.3) is 0 Å². The van der Waals surface area contributed by atoms with Crippen molar-refractivity contribution in [1.82, 2.24) is 4.90 Å². The fourth-order valence-electron chi connectivity index (χ4n) is 2.51. The van der Waals surface area contributed by atoms with Crippen molar-refractivity contribution < 1.29 is 9.53 Å². The van der Waals surface area contributed by atoms with Crippen molar-refractivity contribution in [1.29, 1.82) is 0 Å². The predicted molar refractivity (Wildman–Crippen MR) is 104 cm³/mol. The summed E-state index contributed by atoms with van der Waals surface area (Å²) >= 11 is 0. The van der Waals surface area contributed by atoms with Gasteiger partial charge in [-0.15, -0.1) is 0 Å². The van der Waals surface area contributed by atoms with Crippen LogP contribution in [0.25, 0.3) is 12.2 Å². The highest BCUT2D eigenvalue weighted by Crippen LogP contribution is 2.18. The quantitative estimate of drug-likeness (QED) is 0.657. The molecular formula is C22H25NO2. The highest BCUT2D eigenvalue weighted by molar-refractivity contribution is 5.92. The fraction of sp³-hybridized carbons (Fsp3) is 0.227. The first kappa shape index (κ1) is 18.5. The van der Waals surface area contributed by atoms with Gasteiger partial charge in [-0.2, -0.15) is 0 Å². The molecule has 0 saturated heterocycles. The lowest BCUT2D eigenvalue weighted by atomic mass is 10.2. The summed E-state index contributed by atoms with van der Waals surface area (Å²) in [6.07, 6.45) is 8.42. The third-order valence-corrected chi connectivity index (χ3v) is 3.79. The molecule has 3 nitrogen and oxygen atoms in total. The maximum atomic E-state index is 12.5. The minimum atomic E-state index is 0.00506.